The van der Waals surface area contributed by atoms with Crippen molar-refractivity contribution >= 4 is 17.2 Å². The Kier molecular flexibility index (Phi) is 3.87. The molecule has 0 spiro atoms. The Morgan fingerprint density at radius 2 is 2.30 bits per heavy atom. The van der Waals surface area contributed by atoms with Gasteiger partial charge in [-0.3, -0.25) is 4.79 Å². The molecule has 0 aromatic carbocycles. The van der Waals surface area contributed by atoms with E-state index in [4.69, 9.17) is 4.42 Å². The molecule has 0 saturated heterocycles. The van der Waals surface area contributed by atoms with Crippen molar-refractivity contribution in [3.05, 3.63) is 40.2 Å². The lowest BCUT2D eigenvalue weighted by molar-refractivity contribution is 0.0643. The fourth-order valence-corrected chi connectivity index (χ4v) is 3.35. The lowest BCUT2D eigenvalue weighted by atomic mass is 10.2. The summed E-state index contributed by atoms with van der Waals surface area (Å²) in [6.45, 7) is 2.46. The van der Waals surface area contributed by atoms with Gasteiger partial charge in [-0.2, -0.15) is 0 Å². The van der Waals surface area contributed by atoms with Gasteiger partial charge in [0.25, 0.3) is 5.91 Å². The van der Waals surface area contributed by atoms with Crippen LogP contribution < -0.4 is 0 Å². The van der Waals surface area contributed by atoms with Crippen LogP contribution in [0.2, 0.25) is 0 Å². The summed E-state index contributed by atoms with van der Waals surface area (Å²) in [5.74, 6) is 0.856. The van der Waals surface area contributed by atoms with Gasteiger partial charge < -0.3 is 9.32 Å². The monoisotopic (exact) mass is 290 g/mol. The molecule has 3 rings (SSSR count). The minimum Gasteiger partial charge on any atom is -0.467 e. The van der Waals surface area contributed by atoms with E-state index in [1.807, 2.05) is 29.3 Å². The Morgan fingerprint density at radius 1 is 1.50 bits per heavy atom. The minimum atomic E-state index is 0.0256. The molecule has 1 fully saturated rings. The first kappa shape index (κ1) is 13.4. The molecule has 0 unspecified atom stereocenters. The average molecular weight is 290 g/mol. The Labute approximate surface area is 122 Å². The number of rotatable bonds is 4. The standard InChI is InChI=1S/C15H18N2O2S/c1-11-16-14(10-20-11)15(18)17(12-5-2-3-6-12)9-13-7-4-8-19-13/h4,7-8,10,12H,2-3,5-6,9H2,1H3. The van der Waals surface area contributed by atoms with Crippen LogP contribution in [0.4, 0.5) is 0 Å². The zero-order valence-corrected chi connectivity index (χ0v) is 12.4. The van der Waals surface area contributed by atoms with Crippen LogP contribution in [0.15, 0.2) is 28.2 Å². The Bertz CT molecular complexity index is 570. The van der Waals surface area contributed by atoms with Gasteiger partial charge >= 0.3 is 0 Å². The van der Waals surface area contributed by atoms with Gasteiger partial charge in [0.05, 0.1) is 17.8 Å². The average Bonchev–Trinajstić information content (AvgIpc) is 3.17. The normalized spacial score (nSPS) is 15.7. The molecule has 4 nitrogen and oxygen atoms in total. The van der Waals surface area contributed by atoms with E-state index in [-0.39, 0.29) is 5.91 Å². The zero-order valence-electron chi connectivity index (χ0n) is 11.5. The van der Waals surface area contributed by atoms with Gasteiger partial charge in [0, 0.05) is 11.4 Å². The van der Waals surface area contributed by atoms with Crippen LogP contribution >= 0.6 is 11.3 Å². The molecule has 1 aliphatic rings. The number of hydrogen-bond acceptors (Lipinski definition) is 4. The fourth-order valence-electron chi connectivity index (χ4n) is 2.76. The highest BCUT2D eigenvalue weighted by atomic mass is 32.1. The van der Waals surface area contributed by atoms with Crippen LogP contribution in [-0.2, 0) is 6.54 Å². The summed E-state index contributed by atoms with van der Waals surface area (Å²) >= 11 is 1.52. The van der Waals surface area contributed by atoms with E-state index in [1.54, 1.807) is 6.26 Å². The van der Waals surface area contributed by atoms with Gasteiger partial charge in [-0.05, 0) is 31.9 Å². The molecular formula is C15H18N2O2S. The first-order chi connectivity index (χ1) is 9.74. The van der Waals surface area contributed by atoms with Gasteiger partial charge in [-0.1, -0.05) is 12.8 Å². The van der Waals surface area contributed by atoms with Gasteiger partial charge in [0.2, 0.25) is 0 Å². The summed E-state index contributed by atoms with van der Waals surface area (Å²) in [5, 5.41) is 2.78. The van der Waals surface area contributed by atoms with Crippen molar-refractivity contribution in [2.75, 3.05) is 0 Å². The summed E-state index contributed by atoms with van der Waals surface area (Å²) in [4.78, 5) is 19.0. The maximum absolute atomic E-state index is 12.7. The zero-order chi connectivity index (χ0) is 13.9. The van der Waals surface area contributed by atoms with Gasteiger partial charge in [0.1, 0.15) is 11.5 Å². The van der Waals surface area contributed by atoms with Crippen LogP contribution in [0.25, 0.3) is 0 Å². The molecule has 1 saturated carbocycles. The lowest BCUT2D eigenvalue weighted by Crippen LogP contribution is -2.38. The molecule has 20 heavy (non-hydrogen) atoms. The van der Waals surface area contributed by atoms with E-state index in [2.05, 4.69) is 4.98 Å². The second-order valence-electron chi connectivity index (χ2n) is 5.20. The second kappa shape index (κ2) is 5.79. The number of carbonyl (C=O) groups excluding carboxylic acids is 1. The maximum Gasteiger partial charge on any atom is 0.273 e. The molecule has 1 aliphatic carbocycles. The molecule has 0 bridgehead atoms. The number of aryl methyl sites for hydroxylation is 1. The highest BCUT2D eigenvalue weighted by molar-refractivity contribution is 7.09. The van der Waals surface area contributed by atoms with Crippen molar-refractivity contribution < 1.29 is 9.21 Å². The number of thiazole rings is 1. The van der Waals surface area contributed by atoms with E-state index in [0.717, 1.165) is 23.6 Å². The van der Waals surface area contributed by atoms with Crippen molar-refractivity contribution in [1.29, 1.82) is 0 Å². The van der Waals surface area contributed by atoms with E-state index in [0.29, 0.717) is 18.3 Å². The lowest BCUT2D eigenvalue weighted by Gasteiger charge is -2.27. The smallest absolute Gasteiger partial charge is 0.273 e. The van der Waals surface area contributed by atoms with Crippen LogP contribution in [0.3, 0.4) is 0 Å². The Balaban J connectivity index is 1.82. The molecule has 0 aliphatic heterocycles. The Morgan fingerprint density at radius 3 is 2.90 bits per heavy atom. The number of amides is 1. The topological polar surface area (TPSA) is 46.3 Å². The fraction of sp³-hybridized carbons (Fsp3) is 0.467. The number of nitrogens with zero attached hydrogens (tertiary/aromatic N) is 2. The minimum absolute atomic E-state index is 0.0256. The third-order valence-corrected chi connectivity index (χ3v) is 4.54. The molecule has 106 valence electrons. The van der Waals surface area contributed by atoms with E-state index in [9.17, 15) is 4.79 Å². The molecule has 0 atom stereocenters. The van der Waals surface area contributed by atoms with Crippen LogP contribution in [0.5, 0.6) is 0 Å². The van der Waals surface area contributed by atoms with Crippen molar-refractivity contribution in [2.45, 2.75) is 45.2 Å². The molecule has 2 aromatic heterocycles. The van der Waals surface area contributed by atoms with Crippen molar-refractivity contribution in [3.8, 4) is 0 Å². The van der Waals surface area contributed by atoms with Crippen LogP contribution in [-0.4, -0.2) is 21.8 Å². The quantitative estimate of drug-likeness (QED) is 0.863. The summed E-state index contributed by atoms with van der Waals surface area (Å²) in [6.07, 6.45) is 6.20. The second-order valence-corrected chi connectivity index (χ2v) is 6.26. The molecule has 5 heteroatoms. The SMILES string of the molecule is Cc1nc(C(=O)N(Cc2ccco2)C2CCCC2)cs1. The highest BCUT2D eigenvalue weighted by Gasteiger charge is 2.29. The number of furan rings is 1. The van der Waals surface area contributed by atoms with E-state index < -0.39 is 0 Å². The van der Waals surface area contributed by atoms with E-state index >= 15 is 0 Å². The summed E-state index contributed by atoms with van der Waals surface area (Å²) in [7, 11) is 0. The summed E-state index contributed by atoms with van der Waals surface area (Å²) < 4.78 is 5.40. The summed E-state index contributed by atoms with van der Waals surface area (Å²) in [5.41, 5.74) is 0.561. The summed E-state index contributed by atoms with van der Waals surface area (Å²) in [6, 6.07) is 4.09. The molecule has 0 N–H and O–H groups in total. The van der Waals surface area contributed by atoms with Gasteiger partial charge in [-0.15, -0.1) is 11.3 Å². The molecule has 2 aromatic rings. The van der Waals surface area contributed by atoms with Crippen molar-refractivity contribution in [1.82, 2.24) is 9.88 Å². The number of hydrogen-bond donors (Lipinski definition) is 0. The van der Waals surface area contributed by atoms with Gasteiger partial charge in [-0.25, -0.2) is 4.98 Å². The third kappa shape index (κ3) is 2.77. The number of aromatic nitrogens is 1. The first-order valence-corrected chi connectivity index (χ1v) is 7.87. The molecule has 0 radical (unpaired) electrons. The molecular weight excluding hydrogens is 272 g/mol. The van der Waals surface area contributed by atoms with Crippen molar-refractivity contribution in [3.63, 3.8) is 0 Å². The van der Waals surface area contributed by atoms with Crippen LogP contribution in [0.1, 0.15) is 46.9 Å². The first-order valence-electron chi connectivity index (χ1n) is 6.99. The van der Waals surface area contributed by atoms with E-state index in [1.165, 1.54) is 24.2 Å². The van der Waals surface area contributed by atoms with Crippen LogP contribution in [0, 0.1) is 6.92 Å². The largest absolute Gasteiger partial charge is 0.467 e. The maximum atomic E-state index is 12.7. The predicted molar refractivity (Wildman–Crippen MR) is 77.7 cm³/mol. The predicted octanol–water partition coefficient (Wildman–Crippen LogP) is 3.63. The molecule has 2 heterocycles. The van der Waals surface area contributed by atoms with Crippen molar-refractivity contribution in [2.24, 2.45) is 0 Å². The molecule has 1 amide bonds. The van der Waals surface area contributed by atoms with Gasteiger partial charge in [0.15, 0.2) is 0 Å². The highest BCUT2D eigenvalue weighted by Crippen LogP contribution is 2.27. The third-order valence-electron chi connectivity index (χ3n) is 3.77. The Hall–Kier alpha value is -1.62. The number of carbonyl (C=O) groups is 1.